The lowest BCUT2D eigenvalue weighted by Gasteiger charge is -2.57. The number of benzene rings is 2. The summed E-state index contributed by atoms with van der Waals surface area (Å²) in [6.07, 6.45) is 9.65. The van der Waals surface area contributed by atoms with Crippen molar-refractivity contribution in [2.75, 3.05) is 18.5 Å². The van der Waals surface area contributed by atoms with E-state index in [4.69, 9.17) is 4.74 Å². The quantitative estimate of drug-likeness (QED) is 0.349. The van der Waals surface area contributed by atoms with E-state index in [1.807, 2.05) is 25.1 Å². The number of nitrogens with zero attached hydrogens (tertiary/aromatic N) is 1. The maximum absolute atomic E-state index is 13.2. The second-order valence-corrected chi connectivity index (χ2v) is 13.0. The van der Waals surface area contributed by atoms with Gasteiger partial charge in [-0.05, 0) is 132 Å². The lowest BCUT2D eigenvalue weighted by Crippen LogP contribution is -2.48. The maximum atomic E-state index is 13.2. The van der Waals surface area contributed by atoms with Crippen molar-refractivity contribution in [3.63, 3.8) is 0 Å². The van der Waals surface area contributed by atoms with Gasteiger partial charge in [-0.2, -0.15) is 0 Å². The molecule has 1 N–H and O–H groups in total. The zero-order chi connectivity index (χ0) is 26.4. The number of halogens is 1. The molecule has 5 fully saturated rings. The fourth-order valence-electron chi connectivity index (χ4n) is 7.42. The van der Waals surface area contributed by atoms with Gasteiger partial charge in [-0.25, -0.2) is 0 Å². The molecule has 2 aromatic carbocycles. The van der Waals surface area contributed by atoms with Crippen LogP contribution in [0.5, 0.6) is 5.75 Å². The van der Waals surface area contributed by atoms with E-state index in [0.29, 0.717) is 22.9 Å². The van der Waals surface area contributed by atoms with Crippen LogP contribution in [-0.2, 0) is 15.0 Å². The summed E-state index contributed by atoms with van der Waals surface area (Å²) in [5.41, 5.74) is 2.95. The Morgan fingerprint density at radius 1 is 1.11 bits per heavy atom. The Kier molecular flexibility index (Phi) is 6.89. The highest BCUT2D eigenvalue weighted by atomic mass is 79.9. The number of para-hydroxylation sites is 1. The highest BCUT2D eigenvalue weighted by Gasteiger charge is 2.51. The summed E-state index contributed by atoms with van der Waals surface area (Å²) in [4.78, 5) is 39.9. The van der Waals surface area contributed by atoms with E-state index in [-0.39, 0.29) is 12.0 Å². The molecule has 0 aromatic heterocycles. The number of anilines is 1. The van der Waals surface area contributed by atoms with Gasteiger partial charge in [-0.3, -0.25) is 19.3 Å². The Morgan fingerprint density at radius 2 is 1.79 bits per heavy atom. The highest BCUT2D eigenvalue weighted by molar-refractivity contribution is 9.10. The third kappa shape index (κ3) is 4.81. The monoisotopic (exact) mass is 594 g/mol. The maximum Gasteiger partial charge on any atom is 0.294 e. The van der Waals surface area contributed by atoms with Gasteiger partial charge in [0.25, 0.3) is 11.1 Å². The molecule has 0 unspecified atom stereocenters. The molecule has 38 heavy (non-hydrogen) atoms. The number of hydrogen-bond acceptors (Lipinski definition) is 5. The SMILES string of the molecule is CCOc1ccc(C23CC4CC(CC(C4)C2)C3)cc1/C=C1/SC(=O)N(CC(=O)Nc2ccccc2Br)C1=O. The molecule has 2 aromatic rings. The topological polar surface area (TPSA) is 75.7 Å². The number of amides is 3. The second-order valence-electron chi connectivity index (χ2n) is 11.2. The van der Waals surface area contributed by atoms with Crippen molar-refractivity contribution in [1.82, 2.24) is 4.90 Å². The minimum Gasteiger partial charge on any atom is -0.493 e. The molecule has 0 radical (unpaired) electrons. The van der Waals surface area contributed by atoms with Gasteiger partial charge in [0.05, 0.1) is 17.2 Å². The van der Waals surface area contributed by atoms with Gasteiger partial charge >= 0.3 is 0 Å². The van der Waals surface area contributed by atoms with Gasteiger partial charge in [0, 0.05) is 10.0 Å². The number of imide groups is 1. The molecular formula is C30H31BrN2O4S. The molecule has 0 spiro atoms. The van der Waals surface area contributed by atoms with Crippen LogP contribution in [0.15, 0.2) is 51.8 Å². The first kappa shape index (κ1) is 25.7. The largest absolute Gasteiger partial charge is 0.493 e. The fraction of sp³-hybridized carbons (Fsp3) is 0.433. The van der Waals surface area contributed by atoms with Crippen LogP contribution in [0.1, 0.15) is 56.6 Å². The van der Waals surface area contributed by atoms with Crippen LogP contribution in [0.2, 0.25) is 0 Å². The van der Waals surface area contributed by atoms with Gasteiger partial charge in [0.1, 0.15) is 12.3 Å². The van der Waals surface area contributed by atoms with Gasteiger partial charge < -0.3 is 10.1 Å². The zero-order valence-electron chi connectivity index (χ0n) is 21.4. The molecule has 198 valence electrons. The number of carbonyl (C=O) groups excluding carboxylic acids is 3. The fourth-order valence-corrected chi connectivity index (χ4v) is 8.63. The van der Waals surface area contributed by atoms with Crippen LogP contribution in [0.3, 0.4) is 0 Å². The Balaban J connectivity index is 1.24. The molecular weight excluding hydrogens is 564 g/mol. The van der Waals surface area contributed by atoms with Crippen LogP contribution in [-0.4, -0.2) is 35.1 Å². The van der Waals surface area contributed by atoms with E-state index in [0.717, 1.165) is 44.5 Å². The van der Waals surface area contributed by atoms with Crippen LogP contribution < -0.4 is 10.1 Å². The van der Waals surface area contributed by atoms with E-state index in [1.165, 1.54) is 44.1 Å². The average molecular weight is 596 g/mol. The first-order valence-corrected chi connectivity index (χ1v) is 15.0. The van der Waals surface area contributed by atoms with Crippen LogP contribution >= 0.6 is 27.7 Å². The highest BCUT2D eigenvalue weighted by Crippen LogP contribution is 2.61. The van der Waals surface area contributed by atoms with E-state index < -0.39 is 17.1 Å². The van der Waals surface area contributed by atoms with Gasteiger partial charge in [0.2, 0.25) is 5.91 Å². The van der Waals surface area contributed by atoms with Crippen molar-refractivity contribution >= 4 is 56.5 Å². The van der Waals surface area contributed by atoms with Crippen LogP contribution in [0.25, 0.3) is 6.08 Å². The minimum absolute atomic E-state index is 0.214. The summed E-state index contributed by atoms with van der Waals surface area (Å²) in [5.74, 6) is 2.31. The van der Waals surface area contributed by atoms with Gasteiger partial charge in [-0.15, -0.1) is 0 Å². The molecule has 1 aliphatic heterocycles. The van der Waals surface area contributed by atoms with Crippen molar-refractivity contribution in [3.8, 4) is 5.75 Å². The zero-order valence-corrected chi connectivity index (χ0v) is 23.8. The number of nitrogens with one attached hydrogen (secondary N) is 1. The van der Waals surface area contributed by atoms with Crippen molar-refractivity contribution in [3.05, 3.63) is 63.0 Å². The Bertz CT molecular complexity index is 1300. The van der Waals surface area contributed by atoms with Crippen LogP contribution in [0, 0.1) is 17.8 Å². The number of hydrogen-bond donors (Lipinski definition) is 1. The van der Waals surface area contributed by atoms with Crippen molar-refractivity contribution in [2.24, 2.45) is 17.8 Å². The summed E-state index contributed by atoms with van der Waals surface area (Å²) >= 11 is 4.27. The molecule has 8 heteroatoms. The summed E-state index contributed by atoms with van der Waals surface area (Å²) < 4.78 is 6.65. The Labute approximate surface area is 235 Å². The lowest BCUT2D eigenvalue weighted by atomic mass is 9.48. The van der Waals surface area contributed by atoms with E-state index >= 15 is 0 Å². The normalized spacial score (nSPS) is 28.8. The average Bonchev–Trinajstić information content (AvgIpc) is 3.13. The molecule has 1 saturated heterocycles. The smallest absolute Gasteiger partial charge is 0.294 e. The Morgan fingerprint density at radius 3 is 2.45 bits per heavy atom. The van der Waals surface area contributed by atoms with E-state index in [1.54, 1.807) is 18.2 Å². The standard InChI is InChI=1S/C30H31BrN2O4S/c1-2-37-25-8-7-22(30-14-18-9-19(15-30)11-20(10-18)16-30)12-21(25)13-26-28(35)33(29(36)38-26)17-27(34)32-24-6-4-3-5-23(24)31/h3-8,12-13,18-20H,2,9-11,14-17H2,1H3,(H,32,34)/b26-13+. The molecule has 5 aliphatic rings. The predicted octanol–water partition coefficient (Wildman–Crippen LogP) is 6.99. The van der Waals surface area contributed by atoms with E-state index in [9.17, 15) is 14.4 Å². The molecule has 0 atom stereocenters. The van der Waals surface area contributed by atoms with Crippen molar-refractivity contribution in [2.45, 2.75) is 50.9 Å². The van der Waals surface area contributed by atoms with Crippen molar-refractivity contribution in [1.29, 1.82) is 0 Å². The lowest BCUT2D eigenvalue weighted by molar-refractivity contribution is -0.127. The summed E-state index contributed by atoms with van der Waals surface area (Å²) in [6.45, 7) is 2.11. The van der Waals surface area contributed by atoms with Gasteiger partial charge in [-0.1, -0.05) is 18.2 Å². The second kappa shape index (κ2) is 10.2. The molecule has 1 heterocycles. The number of carbonyl (C=O) groups is 3. The van der Waals surface area contributed by atoms with Crippen molar-refractivity contribution < 1.29 is 19.1 Å². The molecule has 6 nitrogen and oxygen atoms in total. The van der Waals surface area contributed by atoms with Crippen LogP contribution in [0.4, 0.5) is 10.5 Å². The molecule has 4 bridgehead atoms. The first-order chi connectivity index (χ1) is 18.3. The number of thioether (sulfide) groups is 1. The van der Waals surface area contributed by atoms with Gasteiger partial charge in [0.15, 0.2) is 0 Å². The third-order valence-electron chi connectivity index (χ3n) is 8.57. The predicted molar refractivity (Wildman–Crippen MR) is 153 cm³/mol. The third-order valence-corrected chi connectivity index (χ3v) is 10.2. The molecule has 7 rings (SSSR count). The summed E-state index contributed by atoms with van der Waals surface area (Å²) in [5, 5.41) is 2.31. The minimum atomic E-state index is -0.454. The number of ether oxygens (including phenoxy) is 1. The summed E-state index contributed by atoms with van der Waals surface area (Å²) in [7, 11) is 0. The van der Waals surface area contributed by atoms with E-state index in [2.05, 4.69) is 33.4 Å². The molecule has 4 saturated carbocycles. The first-order valence-electron chi connectivity index (χ1n) is 13.4. The summed E-state index contributed by atoms with van der Waals surface area (Å²) in [6, 6.07) is 13.6. The Hall–Kier alpha value is -2.58. The number of rotatable bonds is 7. The molecule has 3 amide bonds. The molecule has 4 aliphatic carbocycles.